The van der Waals surface area contributed by atoms with Crippen molar-refractivity contribution in [2.45, 2.75) is 31.2 Å². The van der Waals surface area contributed by atoms with Gasteiger partial charge in [0, 0.05) is 6.04 Å². The van der Waals surface area contributed by atoms with E-state index in [9.17, 15) is 13.2 Å². The molecule has 1 aliphatic rings. The second-order valence-electron chi connectivity index (χ2n) is 2.98. The summed E-state index contributed by atoms with van der Waals surface area (Å²) >= 11 is 0. The summed E-state index contributed by atoms with van der Waals surface area (Å²) in [5.41, 5.74) is 5.27. The summed E-state index contributed by atoms with van der Waals surface area (Å²) < 4.78 is 35.3. The fourth-order valence-corrected chi connectivity index (χ4v) is 1.23. The molecule has 0 spiro atoms. The molecule has 66 valence electrons. The molecule has 1 unspecified atom stereocenters. The van der Waals surface area contributed by atoms with Gasteiger partial charge in [0.15, 0.2) is 6.10 Å². The van der Waals surface area contributed by atoms with Gasteiger partial charge in [-0.1, -0.05) is 0 Å². The molecular formula is C6H10F3NO. The Hall–Kier alpha value is -0.290. The summed E-state index contributed by atoms with van der Waals surface area (Å²) in [5, 5.41) is 8.64. The van der Waals surface area contributed by atoms with E-state index in [0.717, 1.165) is 0 Å². The summed E-state index contributed by atoms with van der Waals surface area (Å²) in [6, 6.07) is -0.156. The highest BCUT2D eigenvalue weighted by Gasteiger charge is 2.47. The molecule has 1 rings (SSSR count). The topological polar surface area (TPSA) is 46.2 Å². The van der Waals surface area contributed by atoms with Crippen LogP contribution in [0.5, 0.6) is 0 Å². The monoisotopic (exact) mass is 169 g/mol. The molecule has 5 heteroatoms. The summed E-state index contributed by atoms with van der Waals surface area (Å²) in [5.74, 6) is -0.676. The Labute approximate surface area is 62.2 Å². The van der Waals surface area contributed by atoms with Crippen LogP contribution in [0.15, 0.2) is 0 Å². The number of aliphatic hydroxyl groups excluding tert-OH is 1. The Morgan fingerprint density at radius 3 is 2.09 bits per heavy atom. The SMILES string of the molecule is NC1CC(C(O)C(F)(F)F)C1. The van der Waals surface area contributed by atoms with Crippen molar-refractivity contribution in [2.24, 2.45) is 11.7 Å². The fraction of sp³-hybridized carbons (Fsp3) is 1.00. The zero-order chi connectivity index (χ0) is 8.65. The Bertz CT molecular complexity index is 141. The van der Waals surface area contributed by atoms with Crippen molar-refractivity contribution >= 4 is 0 Å². The average Bonchev–Trinajstić information content (AvgIpc) is 1.77. The quantitative estimate of drug-likeness (QED) is 0.605. The molecule has 11 heavy (non-hydrogen) atoms. The molecule has 0 aromatic heterocycles. The van der Waals surface area contributed by atoms with Crippen LogP contribution in [-0.2, 0) is 0 Å². The van der Waals surface area contributed by atoms with Crippen molar-refractivity contribution in [3.63, 3.8) is 0 Å². The van der Waals surface area contributed by atoms with Crippen LogP contribution in [0, 0.1) is 5.92 Å². The lowest BCUT2D eigenvalue weighted by Gasteiger charge is -2.36. The molecule has 0 bridgehead atoms. The Kier molecular flexibility index (Phi) is 2.11. The second-order valence-corrected chi connectivity index (χ2v) is 2.98. The molecular weight excluding hydrogens is 159 g/mol. The summed E-state index contributed by atoms with van der Waals surface area (Å²) in [6.07, 6.45) is -6.10. The van der Waals surface area contributed by atoms with E-state index in [2.05, 4.69) is 0 Å². The number of nitrogens with two attached hydrogens (primary N) is 1. The largest absolute Gasteiger partial charge is 0.414 e. The second kappa shape index (κ2) is 2.64. The third kappa shape index (κ3) is 1.84. The van der Waals surface area contributed by atoms with Crippen LogP contribution in [0.25, 0.3) is 0 Å². The lowest BCUT2D eigenvalue weighted by atomic mass is 9.77. The molecule has 1 aliphatic carbocycles. The summed E-state index contributed by atoms with van der Waals surface area (Å²) in [4.78, 5) is 0. The lowest BCUT2D eigenvalue weighted by molar-refractivity contribution is -0.227. The van der Waals surface area contributed by atoms with E-state index in [1.54, 1.807) is 0 Å². The van der Waals surface area contributed by atoms with Crippen molar-refractivity contribution in [3.05, 3.63) is 0 Å². The van der Waals surface area contributed by atoms with Crippen molar-refractivity contribution in [3.8, 4) is 0 Å². The molecule has 3 N–H and O–H groups in total. The van der Waals surface area contributed by atoms with Crippen molar-refractivity contribution in [1.82, 2.24) is 0 Å². The van der Waals surface area contributed by atoms with E-state index >= 15 is 0 Å². The maximum absolute atomic E-state index is 11.8. The molecule has 0 amide bonds. The number of hydrogen-bond acceptors (Lipinski definition) is 2. The molecule has 0 aromatic rings. The number of halogens is 3. The van der Waals surface area contributed by atoms with E-state index in [1.165, 1.54) is 0 Å². The maximum atomic E-state index is 11.8. The zero-order valence-electron chi connectivity index (χ0n) is 5.80. The van der Waals surface area contributed by atoms with Gasteiger partial charge in [-0.3, -0.25) is 0 Å². The molecule has 0 aliphatic heterocycles. The van der Waals surface area contributed by atoms with Gasteiger partial charge in [-0.2, -0.15) is 13.2 Å². The number of hydrogen-bond donors (Lipinski definition) is 2. The molecule has 1 fully saturated rings. The van der Waals surface area contributed by atoms with E-state index in [1.807, 2.05) is 0 Å². The van der Waals surface area contributed by atoms with Gasteiger partial charge in [0.1, 0.15) is 0 Å². The smallest absolute Gasteiger partial charge is 0.383 e. The van der Waals surface area contributed by atoms with Gasteiger partial charge >= 0.3 is 6.18 Å². The van der Waals surface area contributed by atoms with Gasteiger partial charge in [0.2, 0.25) is 0 Å². The van der Waals surface area contributed by atoms with Gasteiger partial charge < -0.3 is 10.8 Å². The van der Waals surface area contributed by atoms with Gasteiger partial charge in [-0.15, -0.1) is 0 Å². The van der Waals surface area contributed by atoms with Gasteiger partial charge in [0.25, 0.3) is 0 Å². The van der Waals surface area contributed by atoms with Crippen LogP contribution in [0.3, 0.4) is 0 Å². The normalized spacial score (nSPS) is 34.6. The first kappa shape index (κ1) is 8.80. The van der Waals surface area contributed by atoms with Crippen molar-refractivity contribution < 1.29 is 18.3 Å². The van der Waals surface area contributed by atoms with Crippen LogP contribution in [0.1, 0.15) is 12.8 Å². The highest BCUT2D eigenvalue weighted by Crippen LogP contribution is 2.36. The molecule has 0 saturated heterocycles. The minimum absolute atomic E-state index is 0.156. The molecule has 0 heterocycles. The first-order valence-corrected chi connectivity index (χ1v) is 3.41. The predicted molar refractivity (Wildman–Crippen MR) is 32.8 cm³/mol. The molecule has 0 radical (unpaired) electrons. The first-order chi connectivity index (χ1) is 4.91. The Balaban J connectivity index is 2.38. The third-order valence-corrected chi connectivity index (χ3v) is 1.99. The molecule has 1 saturated carbocycles. The lowest BCUT2D eigenvalue weighted by Crippen LogP contribution is -2.47. The molecule has 1 atom stereocenters. The first-order valence-electron chi connectivity index (χ1n) is 3.41. The van der Waals surface area contributed by atoms with Gasteiger partial charge in [-0.25, -0.2) is 0 Å². The Morgan fingerprint density at radius 1 is 1.36 bits per heavy atom. The number of alkyl halides is 3. The standard InChI is InChI=1S/C6H10F3NO/c7-6(8,9)5(11)3-1-4(10)2-3/h3-5,11H,1-2,10H2. The van der Waals surface area contributed by atoms with E-state index in [0.29, 0.717) is 0 Å². The van der Waals surface area contributed by atoms with Crippen molar-refractivity contribution in [1.29, 1.82) is 0 Å². The predicted octanol–water partition coefficient (Wildman–Crippen LogP) is 0.647. The highest BCUT2D eigenvalue weighted by molar-refractivity contribution is 4.89. The molecule has 2 nitrogen and oxygen atoms in total. The van der Waals surface area contributed by atoms with Crippen LogP contribution in [0.2, 0.25) is 0 Å². The van der Waals surface area contributed by atoms with Crippen molar-refractivity contribution in [2.75, 3.05) is 0 Å². The van der Waals surface area contributed by atoms with Gasteiger partial charge in [0.05, 0.1) is 0 Å². The average molecular weight is 169 g/mol. The van der Waals surface area contributed by atoms with E-state index < -0.39 is 18.2 Å². The minimum atomic E-state index is -4.48. The Morgan fingerprint density at radius 2 is 1.82 bits per heavy atom. The van der Waals surface area contributed by atoms with Crippen LogP contribution in [0.4, 0.5) is 13.2 Å². The van der Waals surface area contributed by atoms with Crippen LogP contribution < -0.4 is 5.73 Å². The van der Waals surface area contributed by atoms with E-state index in [4.69, 9.17) is 10.8 Å². The van der Waals surface area contributed by atoms with E-state index in [-0.39, 0.29) is 18.9 Å². The maximum Gasteiger partial charge on any atom is 0.414 e. The summed E-state index contributed by atoms with van der Waals surface area (Å²) in [7, 11) is 0. The number of rotatable bonds is 1. The van der Waals surface area contributed by atoms with Gasteiger partial charge in [-0.05, 0) is 18.8 Å². The zero-order valence-corrected chi connectivity index (χ0v) is 5.80. The molecule has 0 aromatic carbocycles. The highest BCUT2D eigenvalue weighted by atomic mass is 19.4. The third-order valence-electron chi connectivity index (χ3n) is 1.99. The number of aliphatic hydroxyl groups is 1. The minimum Gasteiger partial charge on any atom is -0.383 e. The van der Waals surface area contributed by atoms with Crippen LogP contribution >= 0.6 is 0 Å². The van der Waals surface area contributed by atoms with Crippen LogP contribution in [-0.4, -0.2) is 23.4 Å². The fourth-order valence-electron chi connectivity index (χ4n) is 1.23. The summed E-state index contributed by atoms with van der Waals surface area (Å²) in [6.45, 7) is 0.